The molecule has 2 heterocycles. The summed E-state index contributed by atoms with van der Waals surface area (Å²) in [5.41, 5.74) is 4.51. The molecule has 0 aliphatic carbocycles. The molecule has 4 rings (SSSR count). The summed E-state index contributed by atoms with van der Waals surface area (Å²) in [7, 11) is 0. The van der Waals surface area contributed by atoms with Crippen molar-refractivity contribution in [3.05, 3.63) is 59.7 Å². The van der Waals surface area contributed by atoms with E-state index in [1.807, 2.05) is 36.4 Å². The van der Waals surface area contributed by atoms with E-state index >= 15 is 0 Å². The molecule has 134 valence electrons. The molecular weight excluding hydrogens is 376 g/mol. The van der Waals surface area contributed by atoms with E-state index in [-0.39, 0.29) is 0 Å². The Balaban J connectivity index is 1.45. The standard InChI is InChI=1S/C19H16N6S2/c1-12-7-3-5-9-14(12)16-22-24-18(26-16)20-11-21-19-25-23-17(27-19)15-10-6-4-8-13(15)2/h3-11H,1-2H3,(H,20,21,24,25). The third kappa shape index (κ3) is 3.91. The summed E-state index contributed by atoms with van der Waals surface area (Å²) in [5, 5.41) is 22.8. The molecule has 0 radical (unpaired) electrons. The van der Waals surface area contributed by atoms with Crippen LogP contribution in [-0.4, -0.2) is 26.7 Å². The molecule has 0 aliphatic heterocycles. The summed E-state index contributed by atoms with van der Waals surface area (Å²) < 4.78 is 0. The third-order valence-corrected chi connectivity index (χ3v) is 5.71. The van der Waals surface area contributed by atoms with Gasteiger partial charge >= 0.3 is 0 Å². The van der Waals surface area contributed by atoms with Crippen LogP contribution in [0.2, 0.25) is 0 Å². The summed E-state index contributed by atoms with van der Waals surface area (Å²) in [6, 6.07) is 16.2. The van der Waals surface area contributed by atoms with Gasteiger partial charge in [-0.25, -0.2) is 4.99 Å². The first-order chi connectivity index (χ1) is 13.2. The average molecular weight is 393 g/mol. The summed E-state index contributed by atoms with van der Waals surface area (Å²) in [5.74, 6) is 0. The van der Waals surface area contributed by atoms with Crippen LogP contribution in [0.4, 0.5) is 10.3 Å². The maximum absolute atomic E-state index is 4.32. The van der Waals surface area contributed by atoms with E-state index in [1.54, 1.807) is 6.34 Å². The van der Waals surface area contributed by atoms with Gasteiger partial charge in [-0.1, -0.05) is 71.2 Å². The van der Waals surface area contributed by atoms with Gasteiger partial charge in [0.25, 0.3) is 0 Å². The predicted octanol–water partition coefficient (Wildman–Crippen LogP) is 5.11. The maximum Gasteiger partial charge on any atom is 0.233 e. The quantitative estimate of drug-likeness (QED) is 0.377. The lowest BCUT2D eigenvalue weighted by atomic mass is 10.1. The SMILES string of the molecule is Cc1ccccc1-c1nnc(/N=C/Nc2nnc(-c3ccccc3C)s2)s1. The van der Waals surface area contributed by atoms with E-state index in [0.717, 1.165) is 21.1 Å². The van der Waals surface area contributed by atoms with Crippen LogP contribution in [-0.2, 0) is 0 Å². The molecule has 0 amide bonds. The molecule has 0 bridgehead atoms. The fraction of sp³-hybridized carbons (Fsp3) is 0.105. The number of aromatic nitrogens is 4. The van der Waals surface area contributed by atoms with E-state index < -0.39 is 0 Å². The Hall–Kier alpha value is -2.97. The van der Waals surface area contributed by atoms with Crippen molar-refractivity contribution in [3.8, 4) is 21.1 Å². The highest BCUT2D eigenvalue weighted by Gasteiger charge is 2.09. The Kier molecular flexibility index (Phi) is 4.99. The third-order valence-electron chi connectivity index (χ3n) is 3.95. The fourth-order valence-corrected chi connectivity index (χ4v) is 4.11. The molecule has 0 fully saturated rings. The molecule has 0 aliphatic rings. The predicted molar refractivity (Wildman–Crippen MR) is 112 cm³/mol. The van der Waals surface area contributed by atoms with Crippen LogP contribution in [0, 0.1) is 13.8 Å². The van der Waals surface area contributed by atoms with Crippen LogP contribution in [0.5, 0.6) is 0 Å². The van der Waals surface area contributed by atoms with Gasteiger partial charge < -0.3 is 5.32 Å². The van der Waals surface area contributed by atoms with Gasteiger partial charge in [-0.05, 0) is 25.0 Å². The van der Waals surface area contributed by atoms with Crippen molar-refractivity contribution in [1.29, 1.82) is 0 Å². The number of aryl methyl sites for hydroxylation is 2. The summed E-state index contributed by atoms with van der Waals surface area (Å²) in [6.45, 7) is 4.12. The molecule has 0 spiro atoms. The Bertz CT molecular complexity index is 1100. The largest absolute Gasteiger partial charge is 0.321 e. The second kappa shape index (κ2) is 7.73. The molecule has 2 aromatic heterocycles. The van der Waals surface area contributed by atoms with Crippen LogP contribution >= 0.6 is 22.7 Å². The van der Waals surface area contributed by atoms with Crippen molar-refractivity contribution in [2.45, 2.75) is 13.8 Å². The molecule has 4 aromatic rings. The van der Waals surface area contributed by atoms with Gasteiger partial charge in [0.1, 0.15) is 10.0 Å². The smallest absolute Gasteiger partial charge is 0.233 e. The van der Waals surface area contributed by atoms with Crippen molar-refractivity contribution in [1.82, 2.24) is 20.4 Å². The van der Waals surface area contributed by atoms with Crippen molar-refractivity contribution in [3.63, 3.8) is 0 Å². The first-order valence-corrected chi connectivity index (χ1v) is 9.92. The average Bonchev–Trinajstić information content (AvgIpc) is 3.33. The number of hydrogen-bond acceptors (Lipinski definition) is 7. The molecule has 1 N–H and O–H groups in total. The lowest BCUT2D eigenvalue weighted by Crippen LogP contribution is -1.92. The van der Waals surface area contributed by atoms with Crippen LogP contribution < -0.4 is 5.32 Å². The highest BCUT2D eigenvalue weighted by molar-refractivity contribution is 7.18. The minimum atomic E-state index is 0.587. The number of nitrogens with one attached hydrogen (secondary N) is 1. The maximum atomic E-state index is 4.32. The molecular formula is C19H16N6S2. The number of benzene rings is 2. The molecule has 6 nitrogen and oxygen atoms in total. The summed E-state index contributed by atoms with van der Waals surface area (Å²) >= 11 is 2.93. The zero-order valence-electron chi connectivity index (χ0n) is 14.7. The molecule has 0 atom stereocenters. The van der Waals surface area contributed by atoms with Gasteiger partial charge in [0.05, 0.1) is 6.34 Å². The zero-order valence-corrected chi connectivity index (χ0v) is 16.4. The Labute approximate surface area is 164 Å². The highest BCUT2D eigenvalue weighted by atomic mass is 32.1. The van der Waals surface area contributed by atoms with E-state index in [9.17, 15) is 0 Å². The number of anilines is 1. The van der Waals surface area contributed by atoms with Crippen molar-refractivity contribution in [2.24, 2.45) is 4.99 Å². The van der Waals surface area contributed by atoms with Gasteiger partial charge in [0.2, 0.25) is 10.3 Å². The monoisotopic (exact) mass is 392 g/mol. The first-order valence-electron chi connectivity index (χ1n) is 8.29. The van der Waals surface area contributed by atoms with Crippen LogP contribution in [0.15, 0.2) is 53.5 Å². The second-order valence-electron chi connectivity index (χ2n) is 5.83. The van der Waals surface area contributed by atoms with E-state index in [2.05, 4.69) is 56.7 Å². The lowest BCUT2D eigenvalue weighted by molar-refractivity contribution is 1.08. The molecule has 0 unspecified atom stereocenters. The van der Waals surface area contributed by atoms with Crippen molar-refractivity contribution >= 4 is 39.3 Å². The van der Waals surface area contributed by atoms with Gasteiger partial charge in [-0.2, -0.15) is 0 Å². The highest BCUT2D eigenvalue weighted by Crippen LogP contribution is 2.30. The van der Waals surface area contributed by atoms with Gasteiger partial charge in [-0.3, -0.25) is 0 Å². The summed E-state index contributed by atoms with van der Waals surface area (Å²) in [6.07, 6.45) is 1.57. The number of hydrogen-bond donors (Lipinski definition) is 1. The Morgan fingerprint density at radius 2 is 1.37 bits per heavy atom. The van der Waals surface area contributed by atoms with Gasteiger partial charge in [-0.15, -0.1) is 20.4 Å². The molecule has 2 aromatic carbocycles. The van der Waals surface area contributed by atoms with Gasteiger partial charge in [0.15, 0.2) is 0 Å². The van der Waals surface area contributed by atoms with Crippen LogP contribution in [0.1, 0.15) is 11.1 Å². The lowest BCUT2D eigenvalue weighted by Gasteiger charge is -1.98. The van der Waals surface area contributed by atoms with Gasteiger partial charge in [0, 0.05) is 11.1 Å². The van der Waals surface area contributed by atoms with E-state index in [1.165, 1.54) is 33.8 Å². The minimum absolute atomic E-state index is 0.587. The first kappa shape index (κ1) is 17.4. The Morgan fingerprint density at radius 3 is 2.04 bits per heavy atom. The van der Waals surface area contributed by atoms with E-state index in [4.69, 9.17) is 0 Å². The molecule has 0 saturated carbocycles. The second-order valence-corrected chi connectivity index (χ2v) is 7.77. The minimum Gasteiger partial charge on any atom is -0.321 e. The van der Waals surface area contributed by atoms with E-state index in [0.29, 0.717) is 10.3 Å². The molecule has 8 heteroatoms. The number of nitrogens with zero attached hydrogens (tertiary/aromatic N) is 5. The summed E-state index contributed by atoms with van der Waals surface area (Å²) in [4.78, 5) is 4.32. The molecule has 0 saturated heterocycles. The van der Waals surface area contributed by atoms with Crippen molar-refractivity contribution < 1.29 is 0 Å². The van der Waals surface area contributed by atoms with Crippen LogP contribution in [0.3, 0.4) is 0 Å². The zero-order chi connectivity index (χ0) is 18.6. The molecule has 27 heavy (non-hydrogen) atoms. The number of aliphatic imine (C=N–C) groups is 1. The Morgan fingerprint density at radius 1 is 0.778 bits per heavy atom. The normalized spacial score (nSPS) is 11.2. The van der Waals surface area contributed by atoms with Crippen LogP contribution in [0.25, 0.3) is 21.1 Å². The fourth-order valence-electron chi connectivity index (χ4n) is 2.54. The van der Waals surface area contributed by atoms with Crippen molar-refractivity contribution in [2.75, 3.05) is 5.32 Å². The topological polar surface area (TPSA) is 76.0 Å². The number of rotatable bonds is 5.